The molecule has 28 heavy (non-hydrogen) atoms. The summed E-state index contributed by atoms with van der Waals surface area (Å²) in [7, 11) is 0. The van der Waals surface area contributed by atoms with Crippen molar-refractivity contribution >= 4 is 35.4 Å². The average Bonchev–Trinajstić information content (AvgIpc) is 2.64. The highest BCUT2D eigenvalue weighted by molar-refractivity contribution is 6.30. The van der Waals surface area contributed by atoms with Crippen LogP contribution in [0.3, 0.4) is 0 Å². The molecule has 0 saturated heterocycles. The van der Waals surface area contributed by atoms with Crippen molar-refractivity contribution in [2.75, 3.05) is 26.2 Å². The molecule has 9 nitrogen and oxygen atoms in total. The highest BCUT2D eigenvalue weighted by Crippen LogP contribution is 2.20. The Kier molecular flexibility index (Phi) is 9.80. The van der Waals surface area contributed by atoms with Gasteiger partial charge in [-0.1, -0.05) is 23.7 Å². The lowest BCUT2D eigenvalue weighted by Crippen LogP contribution is -2.42. The van der Waals surface area contributed by atoms with Crippen molar-refractivity contribution < 1.29 is 23.9 Å². The Morgan fingerprint density at radius 1 is 1.18 bits per heavy atom. The monoisotopic (exact) mass is 412 g/mol. The first-order chi connectivity index (χ1) is 13.3. The number of benzene rings is 1. The Balaban J connectivity index is 2.63. The number of esters is 1. The van der Waals surface area contributed by atoms with E-state index in [1.807, 2.05) is 0 Å². The summed E-state index contributed by atoms with van der Waals surface area (Å²) in [5.74, 6) is -1.48. The molecule has 0 radical (unpaired) electrons. The van der Waals surface area contributed by atoms with Crippen LogP contribution in [0.5, 0.6) is 0 Å². The van der Waals surface area contributed by atoms with Gasteiger partial charge in [0.1, 0.15) is 0 Å². The molecule has 0 spiro atoms. The standard InChI is InChI=1S/C18H25ClN4O5/c1-3-21-15(24)10-23(4-2)16(25)11-28-17(26)9-14(22-18(20)27)12-5-7-13(19)8-6-12/h5-8,14H,3-4,9-11H2,1-2H3,(H,21,24)(H3,20,22,27)/t14-/m0/s1. The minimum atomic E-state index is -0.803. The Bertz CT molecular complexity index is 696. The van der Waals surface area contributed by atoms with Crippen LogP contribution >= 0.6 is 11.6 Å². The minimum Gasteiger partial charge on any atom is -0.455 e. The van der Waals surface area contributed by atoms with Gasteiger partial charge in [0.05, 0.1) is 19.0 Å². The first-order valence-electron chi connectivity index (χ1n) is 8.78. The molecule has 4 N–H and O–H groups in total. The number of carbonyl (C=O) groups excluding carboxylic acids is 4. The Hall–Kier alpha value is -2.81. The molecule has 0 fully saturated rings. The molecular weight excluding hydrogens is 388 g/mol. The normalized spacial score (nSPS) is 11.2. The van der Waals surface area contributed by atoms with Gasteiger partial charge < -0.3 is 26.0 Å². The van der Waals surface area contributed by atoms with Gasteiger partial charge in [0.2, 0.25) is 5.91 Å². The summed E-state index contributed by atoms with van der Waals surface area (Å²) in [5, 5.41) is 5.55. The summed E-state index contributed by atoms with van der Waals surface area (Å²) < 4.78 is 5.01. The van der Waals surface area contributed by atoms with Crippen LogP contribution in [0.4, 0.5) is 4.79 Å². The Labute approximate surface area is 168 Å². The summed E-state index contributed by atoms with van der Waals surface area (Å²) in [5.41, 5.74) is 5.77. The molecule has 0 aromatic heterocycles. The number of amides is 4. The molecule has 0 bridgehead atoms. The van der Waals surface area contributed by atoms with E-state index in [0.29, 0.717) is 23.7 Å². The SMILES string of the molecule is CCNC(=O)CN(CC)C(=O)COC(=O)C[C@H](NC(N)=O)c1ccc(Cl)cc1. The predicted octanol–water partition coefficient (Wildman–Crippen LogP) is 0.967. The van der Waals surface area contributed by atoms with Gasteiger partial charge in [0.25, 0.3) is 5.91 Å². The maximum Gasteiger partial charge on any atom is 0.312 e. The van der Waals surface area contributed by atoms with Crippen LogP contribution in [0.15, 0.2) is 24.3 Å². The zero-order valence-corrected chi connectivity index (χ0v) is 16.6. The maximum absolute atomic E-state index is 12.2. The smallest absolute Gasteiger partial charge is 0.312 e. The summed E-state index contributed by atoms with van der Waals surface area (Å²) >= 11 is 5.84. The first kappa shape index (κ1) is 23.2. The van der Waals surface area contributed by atoms with E-state index in [1.165, 1.54) is 4.90 Å². The average molecular weight is 413 g/mol. The van der Waals surface area contributed by atoms with Crippen LogP contribution in [0.1, 0.15) is 31.9 Å². The molecule has 0 unspecified atom stereocenters. The van der Waals surface area contributed by atoms with Crippen molar-refractivity contribution in [3.63, 3.8) is 0 Å². The molecule has 4 amide bonds. The summed E-state index contributed by atoms with van der Waals surface area (Å²) in [6.45, 7) is 3.62. The van der Waals surface area contributed by atoms with Crippen molar-refractivity contribution in [3.8, 4) is 0 Å². The van der Waals surface area contributed by atoms with Gasteiger partial charge in [-0.15, -0.1) is 0 Å². The number of hydrogen-bond donors (Lipinski definition) is 3. The van der Waals surface area contributed by atoms with Crippen LogP contribution in [0.25, 0.3) is 0 Å². The van der Waals surface area contributed by atoms with Gasteiger partial charge in [-0.2, -0.15) is 0 Å². The second kappa shape index (κ2) is 11.8. The zero-order chi connectivity index (χ0) is 21.1. The molecule has 154 valence electrons. The number of rotatable bonds is 10. The fourth-order valence-corrected chi connectivity index (χ4v) is 2.51. The molecule has 1 rings (SSSR count). The van der Waals surface area contributed by atoms with Gasteiger partial charge in [0, 0.05) is 18.1 Å². The number of urea groups is 1. The molecule has 0 saturated carbocycles. The molecule has 1 aromatic rings. The van der Waals surface area contributed by atoms with Crippen molar-refractivity contribution in [2.45, 2.75) is 26.3 Å². The van der Waals surface area contributed by atoms with Crippen molar-refractivity contribution in [2.24, 2.45) is 5.73 Å². The number of nitrogens with zero attached hydrogens (tertiary/aromatic N) is 1. The van der Waals surface area contributed by atoms with E-state index in [9.17, 15) is 19.2 Å². The number of ether oxygens (including phenoxy) is 1. The van der Waals surface area contributed by atoms with Crippen LogP contribution in [0.2, 0.25) is 5.02 Å². The van der Waals surface area contributed by atoms with E-state index in [-0.39, 0.29) is 18.9 Å². The van der Waals surface area contributed by atoms with Gasteiger partial charge in [-0.3, -0.25) is 14.4 Å². The molecule has 1 atom stereocenters. The molecule has 0 aliphatic carbocycles. The van der Waals surface area contributed by atoms with E-state index in [1.54, 1.807) is 38.1 Å². The van der Waals surface area contributed by atoms with E-state index in [2.05, 4.69) is 10.6 Å². The van der Waals surface area contributed by atoms with Crippen LogP contribution in [-0.2, 0) is 19.1 Å². The number of likely N-dealkylation sites (N-methyl/N-ethyl adjacent to an activating group) is 2. The largest absolute Gasteiger partial charge is 0.455 e. The lowest BCUT2D eigenvalue weighted by molar-refractivity contribution is -0.152. The third-order valence-electron chi connectivity index (χ3n) is 3.76. The number of nitrogens with two attached hydrogens (primary N) is 1. The minimum absolute atomic E-state index is 0.114. The molecule has 0 aliphatic rings. The summed E-state index contributed by atoms with van der Waals surface area (Å²) in [6, 6.07) is 4.99. The summed E-state index contributed by atoms with van der Waals surface area (Å²) in [6.07, 6.45) is -0.222. The van der Waals surface area contributed by atoms with Crippen molar-refractivity contribution in [1.82, 2.24) is 15.5 Å². The Morgan fingerprint density at radius 3 is 2.36 bits per heavy atom. The van der Waals surface area contributed by atoms with Crippen molar-refractivity contribution in [3.05, 3.63) is 34.9 Å². The number of halogens is 1. The second-order valence-electron chi connectivity index (χ2n) is 5.84. The number of hydrogen-bond acceptors (Lipinski definition) is 5. The van der Waals surface area contributed by atoms with E-state index < -0.39 is 30.6 Å². The van der Waals surface area contributed by atoms with Gasteiger partial charge in [-0.25, -0.2) is 4.79 Å². The Morgan fingerprint density at radius 2 is 1.82 bits per heavy atom. The molecule has 0 aliphatic heterocycles. The first-order valence-corrected chi connectivity index (χ1v) is 9.16. The highest BCUT2D eigenvalue weighted by Gasteiger charge is 2.21. The third-order valence-corrected chi connectivity index (χ3v) is 4.01. The number of nitrogens with one attached hydrogen (secondary N) is 2. The lowest BCUT2D eigenvalue weighted by atomic mass is 10.0. The summed E-state index contributed by atoms with van der Waals surface area (Å²) in [4.78, 5) is 48.4. The lowest BCUT2D eigenvalue weighted by Gasteiger charge is -2.21. The zero-order valence-electron chi connectivity index (χ0n) is 15.9. The number of carbonyl (C=O) groups is 4. The van der Waals surface area contributed by atoms with Crippen molar-refractivity contribution in [1.29, 1.82) is 0 Å². The number of primary amides is 1. The highest BCUT2D eigenvalue weighted by atomic mass is 35.5. The molecule has 10 heteroatoms. The van der Waals surface area contributed by atoms with Crippen LogP contribution < -0.4 is 16.4 Å². The van der Waals surface area contributed by atoms with Crippen LogP contribution in [0, 0.1) is 0 Å². The van der Waals surface area contributed by atoms with Gasteiger partial charge in [-0.05, 0) is 31.5 Å². The van der Waals surface area contributed by atoms with E-state index >= 15 is 0 Å². The molecule has 1 aromatic carbocycles. The second-order valence-corrected chi connectivity index (χ2v) is 6.28. The molecule has 0 heterocycles. The molecular formula is C18H25ClN4O5. The maximum atomic E-state index is 12.2. The fraction of sp³-hybridized carbons (Fsp3) is 0.444. The quantitative estimate of drug-likeness (QED) is 0.493. The van der Waals surface area contributed by atoms with E-state index in [4.69, 9.17) is 22.1 Å². The van der Waals surface area contributed by atoms with Gasteiger partial charge >= 0.3 is 12.0 Å². The van der Waals surface area contributed by atoms with E-state index in [0.717, 1.165) is 0 Å². The fourth-order valence-electron chi connectivity index (χ4n) is 2.38. The van der Waals surface area contributed by atoms with Gasteiger partial charge in [0.15, 0.2) is 6.61 Å². The van der Waals surface area contributed by atoms with Crippen LogP contribution in [-0.4, -0.2) is 55.0 Å². The third kappa shape index (κ3) is 8.26. The topological polar surface area (TPSA) is 131 Å². The predicted molar refractivity (Wildman–Crippen MR) is 103 cm³/mol.